The van der Waals surface area contributed by atoms with E-state index in [0.717, 1.165) is 28.0 Å². The van der Waals surface area contributed by atoms with Crippen LogP contribution in [0, 0.1) is 27.6 Å². The number of hydrogen-bond donors (Lipinski definition) is 1. The predicted octanol–water partition coefficient (Wildman–Crippen LogP) is 5.64. The molecule has 0 atom stereocenters. The van der Waals surface area contributed by atoms with Crippen LogP contribution in [0.15, 0.2) is 36.4 Å². The van der Waals surface area contributed by atoms with Gasteiger partial charge in [-0.15, -0.1) is 0 Å². The van der Waals surface area contributed by atoms with Crippen molar-refractivity contribution in [2.45, 2.75) is 26.8 Å². The van der Waals surface area contributed by atoms with E-state index in [-0.39, 0.29) is 11.9 Å². The lowest BCUT2D eigenvalue weighted by Crippen LogP contribution is -2.26. The topological polar surface area (TPSA) is 42.8 Å². The van der Waals surface area contributed by atoms with Gasteiger partial charge in [-0.2, -0.15) is 5.26 Å². The summed E-state index contributed by atoms with van der Waals surface area (Å²) in [5.41, 5.74) is 3.42. The Morgan fingerprint density at radius 1 is 1.21 bits per heavy atom. The van der Waals surface area contributed by atoms with E-state index >= 15 is 0 Å². The minimum absolute atomic E-state index is 0.145. The molecular formula is C19H17FIN3. The number of rotatable bonds is 3. The van der Waals surface area contributed by atoms with E-state index in [1.165, 1.54) is 0 Å². The summed E-state index contributed by atoms with van der Waals surface area (Å²) < 4.78 is 14.6. The zero-order chi connectivity index (χ0) is 17.4. The number of fused-ring (bicyclic) bond motifs is 1. The SMILES string of the molecule is Cc1c(N(c2ccc(I)c(F)c2)C(C)C)[nH]c2cc(C#N)ccc12. The van der Waals surface area contributed by atoms with Gasteiger partial charge < -0.3 is 9.88 Å². The summed E-state index contributed by atoms with van der Waals surface area (Å²) in [4.78, 5) is 5.49. The number of benzene rings is 2. The Morgan fingerprint density at radius 3 is 2.58 bits per heavy atom. The van der Waals surface area contributed by atoms with Crippen molar-refractivity contribution >= 4 is 45.0 Å². The minimum Gasteiger partial charge on any atom is -0.341 e. The normalized spacial score (nSPS) is 11.0. The van der Waals surface area contributed by atoms with Crippen LogP contribution in [0.1, 0.15) is 25.0 Å². The van der Waals surface area contributed by atoms with Gasteiger partial charge in [0.2, 0.25) is 0 Å². The molecule has 1 heterocycles. The molecule has 0 bridgehead atoms. The van der Waals surface area contributed by atoms with Crippen molar-refractivity contribution in [3.63, 3.8) is 0 Å². The molecule has 122 valence electrons. The second kappa shape index (κ2) is 6.44. The maximum absolute atomic E-state index is 14.0. The fourth-order valence-corrected chi connectivity index (χ4v) is 3.29. The summed E-state index contributed by atoms with van der Waals surface area (Å²) in [7, 11) is 0. The summed E-state index contributed by atoms with van der Waals surface area (Å²) in [6.45, 7) is 6.18. The zero-order valence-electron chi connectivity index (χ0n) is 13.7. The summed E-state index contributed by atoms with van der Waals surface area (Å²) in [5, 5.41) is 10.2. The minimum atomic E-state index is -0.223. The van der Waals surface area contributed by atoms with E-state index in [0.29, 0.717) is 9.13 Å². The van der Waals surface area contributed by atoms with Gasteiger partial charge in [0.05, 0.1) is 11.6 Å². The highest BCUT2D eigenvalue weighted by molar-refractivity contribution is 14.1. The van der Waals surface area contributed by atoms with E-state index in [2.05, 4.69) is 29.8 Å². The summed E-state index contributed by atoms with van der Waals surface area (Å²) in [6, 6.07) is 13.2. The number of nitrogens with zero attached hydrogens (tertiary/aromatic N) is 2. The highest BCUT2D eigenvalue weighted by atomic mass is 127. The van der Waals surface area contributed by atoms with Crippen molar-refractivity contribution in [2.75, 3.05) is 4.90 Å². The molecular weight excluding hydrogens is 416 g/mol. The van der Waals surface area contributed by atoms with Crippen LogP contribution < -0.4 is 4.90 Å². The molecule has 0 aliphatic carbocycles. The number of halogens is 2. The molecule has 0 saturated heterocycles. The van der Waals surface area contributed by atoms with Gasteiger partial charge in [0.15, 0.2) is 0 Å². The van der Waals surface area contributed by atoms with Crippen LogP contribution in [0.25, 0.3) is 10.9 Å². The molecule has 2 aromatic carbocycles. The number of aromatic nitrogens is 1. The second-order valence-electron chi connectivity index (χ2n) is 6.03. The third-order valence-electron chi connectivity index (χ3n) is 4.10. The van der Waals surface area contributed by atoms with Gasteiger partial charge in [0.25, 0.3) is 0 Å². The lowest BCUT2D eigenvalue weighted by molar-refractivity contribution is 0.619. The quantitative estimate of drug-likeness (QED) is 0.544. The average Bonchev–Trinajstić information content (AvgIpc) is 2.87. The standard InChI is InChI=1S/C19H17FIN3/c1-11(2)24(14-5-7-17(21)16(20)9-14)19-12(3)15-6-4-13(10-22)8-18(15)23-19/h4-9,11,23H,1-3H3. The molecule has 3 nitrogen and oxygen atoms in total. The van der Waals surface area contributed by atoms with Gasteiger partial charge in [-0.25, -0.2) is 4.39 Å². The second-order valence-corrected chi connectivity index (χ2v) is 7.20. The molecule has 5 heteroatoms. The number of aromatic amines is 1. The lowest BCUT2D eigenvalue weighted by Gasteiger charge is -2.28. The van der Waals surface area contributed by atoms with Crippen LogP contribution in [0.3, 0.4) is 0 Å². The van der Waals surface area contributed by atoms with Gasteiger partial charge in [-0.3, -0.25) is 0 Å². The van der Waals surface area contributed by atoms with Crippen molar-refractivity contribution in [3.05, 3.63) is 56.9 Å². The summed E-state index contributed by atoms with van der Waals surface area (Å²) in [5.74, 6) is 0.704. The maximum Gasteiger partial charge on any atom is 0.138 e. The first kappa shape index (κ1) is 16.8. The number of nitriles is 1. The van der Waals surface area contributed by atoms with Crippen LogP contribution in [0.4, 0.5) is 15.9 Å². The van der Waals surface area contributed by atoms with E-state index in [4.69, 9.17) is 5.26 Å². The van der Waals surface area contributed by atoms with Gasteiger partial charge >= 0.3 is 0 Å². The summed E-state index contributed by atoms with van der Waals surface area (Å²) >= 11 is 1.99. The number of anilines is 2. The number of aryl methyl sites for hydroxylation is 1. The van der Waals surface area contributed by atoms with Crippen molar-refractivity contribution in [1.82, 2.24) is 4.98 Å². The molecule has 0 fully saturated rings. The molecule has 0 radical (unpaired) electrons. The molecule has 24 heavy (non-hydrogen) atoms. The lowest BCUT2D eigenvalue weighted by atomic mass is 10.1. The van der Waals surface area contributed by atoms with E-state index in [1.54, 1.807) is 12.1 Å². The Morgan fingerprint density at radius 2 is 1.96 bits per heavy atom. The molecule has 0 amide bonds. The molecule has 3 rings (SSSR count). The Balaban J connectivity index is 2.19. The molecule has 0 unspecified atom stereocenters. The Bertz CT molecular complexity index is 953. The zero-order valence-corrected chi connectivity index (χ0v) is 15.8. The molecule has 0 aliphatic rings. The highest BCUT2D eigenvalue weighted by Gasteiger charge is 2.20. The van der Waals surface area contributed by atoms with Crippen molar-refractivity contribution in [2.24, 2.45) is 0 Å². The predicted molar refractivity (Wildman–Crippen MR) is 104 cm³/mol. The van der Waals surface area contributed by atoms with Gasteiger partial charge in [0, 0.05) is 26.2 Å². The highest BCUT2D eigenvalue weighted by Crippen LogP contribution is 2.35. The Hall–Kier alpha value is -2.07. The van der Waals surface area contributed by atoms with Gasteiger partial charge in [0.1, 0.15) is 11.6 Å². The molecule has 1 aromatic heterocycles. The Labute approximate surface area is 154 Å². The first-order valence-corrected chi connectivity index (χ1v) is 8.77. The monoisotopic (exact) mass is 433 g/mol. The van der Waals surface area contributed by atoms with Crippen molar-refractivity contribution < 1.29 is 4.39 Å². The fourth-order valence-electron chi connectivity index (χ4n) is 2.95. The molecule has 0 saturated carbocycles. The molecule has 1 N–H and O–H groups in total. The number of nitrogens with one attached hydrogen (secondary N) is 1. The van der Waals surface area contributed by atoms with Crippen LogP contribution in [-0.2, 0) is 0 Å². The largest absolute Gasteiger partial charge is 0.341 e. The third-order valence-corrected chi connectivity index (χ3v) is 4.97. The smallest absolute Gasteiger partial charge is 0.138 e. The van der Waals surface area contributed by atoms with Crippen LogP contribution >= 0.6 is 22.6 Å². The number of H-pyrrole nitrogens is 1. The first-order chi connectivity index (χ1) is 11.4. The van der Waals surface area contributed by atoms with E-state index < -0.39 is 0 Å². The number of hydrogen-bond acceptors (Lipinski definition) is 2. The van der Waals surface area contributed by atoms with Gasteiger partial charge in [-0.1, -0.05) is 6.07 Å². The average molecular weight is 433 g/mol. The van der Waals surface area contributed by atoms with Crippen molar-refractivity contribution in [1.29, 1.82) is 5.26 Å². The van der Waals surface area contributed by atoms with E-state index in [9.17, 15) is 4.39 Å². The molecule has 0 aliphatic heterocycles. The summed E-state index contributed by atoms with van der Waals surface area (Å²) in [6.07, 6.45) is 0. The fraction of sp³-hybridized carbons (Fsp3) is 0.211. The molecule has 0 spiro atoms. The van der Waals surface area contributed by atoms with Crippen molar-refractivity contribution in [3.8, 4) is 6.07 Å². The first-order valence-electron chi connectivity index (χ1n) is 7.69. The van der Waals surface area contributed by atoms with Crippen LogP contribution in [0.2, 0.25) is 0 Å². The Kier molecular flexibility index (Phi) is 4.50. The van der Waals surface area contributed by atoms with E-state index in [1.807, 2.05) is 53.8 Å². The van der Waals surface area contributed by atoms with Crippen LogP contribution in [0.5, 0.6) is 0 Å². The van der Waals surface area contributed by atoms with Gasteiger partial charge in [-0.05, 0) is 79.3 Å². The third kappa shape index (κ3) is 2.86. The molecule has 3 aromatic rings. The van der Waals surface area contributed by atoms with Crippen LogP contribution in [-0.4, -0.2) is 11.0 Å². The maximum atomic E-state index is 14.0.